The molecule has 0 bridgehead atoms. The SMILES string of the molecule is Cl.NCc1nc(C(=O)NCCS(=O)(=O)N2CCSCC2)cs1. The van der Waals surface area contributed by atoms with Gasteiger partial charge in [0.15, 0.2) is 0 Å². The van der Waals surface area contributed by atoms with E-state index in [1.165, 1.54) is 15.6 Å². The monoisotopic (exact) mass is 386 g/mol. The molecular weight excluding hydrogens is 368 g/mol. The first kappa shape index (κ1) is 19.7. The van der Waals surface area contributed by atoms with Crippen LogP contribution in [0.25, 0.3) is 0 Å². The summed E-state index contributed by atoms with van der Waals surface area (Å²) < 4.78 is 25.7. The van der Waals surface area contributed by atoms with Crippen molar-refractivity contribution in [3.8, 4) is 0 Å². The Bertz CT molecular complexity index is 587. The van der Waals surface area contributed by atoms with Crippen molar-refractivity contribution < 1.29 is 13.2 Å². The van der Waals surface area contributed by atoms with Gasteiger partial charge in [0.05, 0.1) is 5.75 Å². The minimum atomic E-state index is -3.29. The van der Waals surface area contributed by atoms with Crippen molar-refractivity contribution in [2.75, 3.05) is 36.9 Å². The summed E-state index contributed by atoms with van der Waals surface area (Å²) in [6.07, 6.45) is 0. The molecule has 1 aromatic rings. The normalized spacial score (nSPS) is 16.0. The number of rotatable bonds is 6. The van der Waals surface area contributed by atoms with Crippen LogP contribution < -0.4 is 11.1 Å². The van der Waals surface area contributed by atoms with Crippen molar-refractivity contribution in [1.29, 1.82) is 0 Å². The number of halogens is 1. The summed E-state index contributed by atoms with van der Waals surface area (Å²) in [7, 11) is -3.29. The molecule has 7 nitrogen and oxygen atoms in total. The number of nitrogens with zero attached hydrogens (tertiary/aromatic N) is 2. The molecule has 0 saturated carbocycles. The Morgan fingerprint density at radius 3 is 2.68 bits per heavy atom. The molecule has 1 aliphatic heterocycles. The molecule has 0 aromatic carbocycles. The third-order valence-corrected chi connectivity index (χ3v) is 6.65. The van der Waals surface area contributed by atoms with Gasteiger partial charge in [0, 0.05) is 43.1 Å². The Morgan fingerprint density at radius 1 is 1.41 bits per heavy atom. The van der Waals surface area contributed by atoms with Gasteiger partial charge in [0.25, 0.3) is 5.91 Å². The zero-order valence-electron chi connectivity index (χ0n) is 11.9. The second-order valence-electron chi connectivity index (χ2n) is 4.41. The Balaban J connectivity index is 0.00000242. The van der Waals surface area contributed by atoms with Crippen LogP contribution in [0.1, 0.15) is 15.5 Å². The summed E-state index contributed by atoms with van der Waals surface area (Å²) in [6.45, 7) is 1.47. The van der Waals surface area contributed by atoms with E-state index in [0.717, 1.165) is 11.5 Å². The van der Waals surface area contributed by atoms with E-state index in [-0.39, 0.29) is 36.3 Å². The summed E-state index contributed by atoms with van der Waals surface area (Å²) in [5.74, 6) is 1.20. The van der Waals surface area contributed by atoms with Gasteiger partial charge < -0.3 is 11.1 Å². The van der Waals surface area contributed by atoms with Gasteiger partial charge >= 0.3 is 0 Å². The molecule has 1 amide bonds. The van der Waals surface area contributed by atoms with Crippen molar-refractivity contribution in [2.24, 2.45) is 5.73 Å². The topological polar surface area (TPSA) is 105 Å². The molecule has 1 fully saturated rings. The molecule has 0 aliphatic carbocycles. The molecule has 2 rings (SSSR count). The van der Waals surface area contributed by atoms with Gasteiger partial charge in [0.2, 0.25) is 10.0 Å². The van der Waals surface area contributed by atoms with Crippen LogP contribution in [0.5, 0.6) is 0 Å². The predicted molar refractivity (Wildman–Crippen MR) is 92.3 cm³/mol. The fraction of sp³-hybridized carbons (Fsp3) is 0.636. The summed E-state index contributed by atoms with van der Waals surface area (Å²) in [4.78, 5) is 15.9. The third-order valence-electron chi connectivity index (χ3n) is 2.97. The van der Waals surface area contributed by atoms with E-state index in [9.17, 15) is 13.2 Å². The van der Waals surface area contributed by atoms with Gasteiger partial charge in [-0.3, -0.25) is 4.79 Å². The summed E-state index contributed by atoms with van der Waals surface area (Å²) in [6, 6.07) is 0. The van der Waals surface area contributed by atoms with Crippen LogP contribution in [0.4, 0.5) is 0 Å². The molecule has 3 N–H and O–H groups in total. The number of thioether (sulfide) groups is 1. The van der Waals surface area contributed by atoms with Gasteiger partial charge in [-0.25, -0.2) is 17.7 Å². The molecule has 1 saturated heterocycles. The van der Waals surface area contributed by atoms with Gasteiger partial charge in [-0.05, 0) is 0 Å². The van der Waals surface area contributed by atoms with E-state index < -0.39 is 10.0 Å². The number of nitrogens with one attached hydrogen (secondary N) is 1. The van der Waals surface area contributed by atoms with Crippen LogP contribution in [-0.4, -0.2) is 60.5 Å². The highest BCUT2D eigenvalue weighted by atomic mass is 35.5. The number of carbonyl (C=O) groups is 1. The van der Waals surface area contributed by atoms with Crippen LogP contribution in [0.3, 0.4) is 0 Å². The highest BCUT2D eigenvalue weighted by molar-refractivity contribution is 7.99. The summed E-state index contributed by atoms with van der Waals surface area (Å²) in [5.41, 5.74) is 5.72. The molecule has 0 unspecified atom stereocenters. The van der Waals surface area contributed by atoms with Crippen molar-refractivity contribution >= 4 is 51.4 Å². The second kappa shape index (κ2) is 9.04. The number of thiazole rings is 1. The maximum Gasteiger partial charge on any atom is 0.270 e. The molecule has 126 valence electrons. The molecule has 1 aromatic heterocycles. The van der Waals surface area contributed by atoms with E-state index >= 15 is 0 Å². The zero-order chi connectivity index (χ0) is 15.3. The van der Waals surface area contributed by atoms with Crippen LogP contribution >= 0.6 is 35.5 Å². The van der Waals surface area contributed by atoms with Crippen molar-refractivity contribution in [3.63, 3.8) is 0 Å². The summed E-state index contributed by atoms with van der Waals surface area (Å²) in [5, 5.41) is 4.88. The van der Waals surface area contributed by atoms with Crippen LogP contribution in [-0.2, 0) is 16.6 Å². The number of carbonyl (C=O) groups excluding carboxylic acids is 1. The smallest absolute Gasteiger partial charge is 0.270 e. The molecular formula is C11H19ClN4O3S3. The fourth-order valence-corrected chi connectivity index (χ4v) is 4.99. The maximum atomic E-state index is 12.1. The number of aromatic nitrogens is 1. The van der Waals surface area contributed by atoms with Crippen LogP contribution in [0.15, 0.2) is 5.38 Å². The molecule has 0 radical (unpaired) electrons. The molecule has 22 heavy (non-hydrogen) atoms. The minimum Gasteiger partial charge on any atom is -0.350 e. The Morgan fingerprint density at radius 2 is 2.09 bits per heavy atom. The van der Waals surface area contributed by atoms with Crippen LogP contribution in [0, 0.1) is 0 Å². The Kier molecular flexibility index (Phi) is 8.08. The Hall–Kier alpha value is -0.390. The molecule has 0 spiro atoms. The molecule has 0 atom stereocenters. The van der Waals surface area contributed by atoms with Crippen molar-refractivity contribution in [2.45, 2.75) is 6.54 Å². The Labute approximate surface area is 144 Å². The first-order valence-corrected chi connectivity index (χ1v) is 10.2. The highest BCUT2D eigenvalue weighted by Gasteiger charge is 2.24. The minimum absolute atomic E-state index is 0. The van der Waals surface area contributed by atoms with Gasteiger partial charge in [-0.1, -0.05) is 0 Å². The van der Waals surface area contributed by atoms with Crippen LogP contribution in [0.2, 0.25) is 0 Å². The highest BCUT2D eigenvalue weighted by Crippen LogP contribution is 2.13. The third kappa shape index (κ3) is 5.36. The second-order valence-corrected chi connectivity index (χ2v) is 8.67. The zero-order valence-corrected chi connectivity index (χ0v) is 15.1. The lowest BCUT2D eigenvalue weighted by atomic mass is 10.4. The van der Waals surface area contributed by atoms with Crippen molar-refractivity contribution in [1.82, 2.24) is 14.6 Å². The van der Waals surface area contributed by atoms with E-state index in [0.29, 0.717) is 24.6 Å². The van der Waals surface area contributed by atoms with Gasteiger partial charge in [0.1, 0.15) is 10.7 Å². The number of nitrogens with two attached hydrogens (primary N) is 1. The number of hydrogen-bond donors (Lipinski definition) is 2. The number of sulfonamides is 1. The first-order chi connectivity index (χ1) is 10.0. The lowest BCUT2D eigenvalue weighted by molar-refractivity contribution is 0.0951. The van der Waals surface area contributed by atoms with E-state index in [2.05, 4.69) is 10.3 Å². The van der Waals surface area contributed by atoms with Crippen molar-refractivity contribution in [3.05, 3.63) is 16.1 Å². The standard InChI is InChI=1S/C11H18N4O3S3.ClH/c12-7-10-14-9(8-20-10)11(16)13-1-6-21(17,18)15-2-4-19-5-3-15;/h8H,1-7,12H2,(H,13,16);1H. The predicted octanol–water partition coefficient (Wildman–Crippen LogP) is 0.132. The molecule has 2 heterocycles. The lowest BCUT2D eigenvalue weighted by Crippen LogP contribution is -2.41. The average Bonchev–Trinajstić information content (AvgIpc) is 2.97. The summed E-state index contributed by atoms with van der Waals surface area (Å²) >= 11 is 3.07. The quantitative estimate of drug-likeness (QED) is 0.720. The van der Waals surface area contributed by atoms with Gasteiger partial charge in [-0.2, -0.15) is 11.8 Å². The largest absolute Gasteiger partial charge is 0.350 e. The fourth-order valence-electron chi connectivity index (χ4n) is 1.85. The molecule has 1 aliphatic rings. The number of amides is 1. The number of hydrogen-bond acceptors (Lipinski definition) is 7. The maximum absolute atomic E-state index is 12.1. The first-order valence-electron chi connectivity index (χ1n) is 6.51. The average molecular weight is 387 g/mol. The molecule has 11 heteroatoms. The lowest BCUT2D eigenvalue weighted by Gasteiger charge is -2.25. The van der Waals surface area contributed by atoms with Gasteiger partial charge in [-0.15, -0.1) is 23.7 Å². The van der Waals surface area contributed by atoms with E-state index in [1.807, 2.05) is 0 Å². The van der Waals surface area contributed by atoms with E-state index in [1.54, 1.807) is 17.1 Å². The van der Waals surface area contributed by atoms with E-state index in [4.69, 9.17) is 5.73 Å².